The maximum atomic E-state index is 6.97. The molecule has 0 N–H and O–H groups in total. The zero-order valence-corrected chi connectivity index (χ0v) is 35.2. The fourth-order valence-electron chi connectivity index (χ4n) is 11.3. The van der Waals surface area contributed by atoms with E-state index in [1.54, 1.807) is 0 Å². The van der Waals surface area contributed by atoms with Crippen LogP contribution in [0.4, 0.5) is 34.6 Å². The molecule has 6 heteroatoms. The van der Waals surface area contributed by atoms with Gasteiger partial charge in [-0.05, 0) is 123 Å². The Labute approximate surface area is 371 Å². The summed E-state index contributed by atoms with van der Waals surface area (Å²) in [6, 6.07) is 50.1. The first-order valence-electron chi connectivity index (χ1n) is 22.6. The summed E-state index contributed by atoms with van der Waals surface area (Å²) >= 11 is 0. The lowest BCUT2D eigenvalue weighted by atomic mass is 9.80. The van der Waals surface area contributed by atoms with Crippen molar-refractivity contribution in [1.29, 1.82) is 0 Å². The van der Waals surface area contributed by atoms with E-state index < -0.39 is 0 Å². The van der Waals surface area contributed by atoms with Crippen molar-refractivity contribution in [3.05, 3.63) is 203 Å². The molecule has 0 unspecified atom stereocenters. The molecule has 8 aromatic carbocycles. The Morgan fingerprint density at radius 2 is 1.12 bits per heavy atom. The third-order valence-corrected chi connectivity index (χ3v) is 14.1. The maximum absolute atomic E-state index is 6.97. The molecule has 304 valence electrons. The van der Waals surface area contributed by atoms with Crippen molar-refractivity contribution in [2.75, 3.05) is 9.80 Å². The van der Waals surface area contributed by atoms with Crippen molar-refractivity contribution in [2.45, 2.75) is 44.9 Å². The number of rotatable bonds is 3. The van der Waals surface area contributed by atoms with Gasteiger partial charge in [0.15, 0.2) is 17.3 Å². The third-order valence-electron chi connectivity index (χ3n) is 14.1. The highest BCUT2D eigenvalue weighted by Gasteiger charge is 2.36. The number of hydrogen-bond acceptors (Lipinski definition) is 6. The zero-order valence-electron chi connectivity index (χ0n) is 35.2. The van der Waals surface area contributed by atoms with Gasteiger partial charge in [-0.3, -0.25) is 9.80 Å². The molecule has 0 saturated heterocycles. The van der Waals surface area contributed by atoms with Crippen LogP contribution in [0, 0.1) is 0 Å². The molecule has 0 bridgehead atoms. The number of fused-ring (bicyclic) bond motifs is 16. The second-order valence-electron chi connectivity index (χ2n) is 17.6. The van der Waals surface area contributed by atoms with E-state index in [1.807, 2.05) is 12.1 Å². The SMILES string of the molecule is C1=CC2=C(C=CC1)c1ccc(-c3nc(N4c5ccccc5Cc5c6c(c7ccccc7c54)CCCC6)nc(N4c5ccccc5Oc5c4c4ccccc4c4ccccc54)n3)cc1C2. The van der Waals surface area contributed by atoms with Gasteiger partial charge in [-0.15, -0.1) is 0 Å². The van der Waals surface area contributed by atoms with E-state index in [0.717, 1.165) is 87.8 Å². The van der Waals surface area contributed by atoms with Crippen molar-refractivity contribution in [3.63, 3.8) is 0 Å². The number of allylic oxidation sites excluding steroid dienone is 6. The second kappa shape index (κ2) is 13.8. The van der Waals surface area contributed by atoms with Crippen LogP contribution in [0.2, 0.25) is 0 Å². The molecule has 0 radical (unpaired) electrons. The molecule has 9 aromatic rings. The summed E-state index contributed by atoms with van der Waals surface area (Å²) < 4.78 is 6.97. The van der Waals surface area contributed by atoms with Crippen LogP contribution in [-0.2, 0) is 25.7 Å². The number of aryl methyl sites for hydroxylation is 1. The van der Waals surface area contributed by atoms with E-state index >= 15 is 0 Å². The highest BCUT2D eigenvalue weighted by molar-refractivity contribution is 6.19. The van der Waals surface area contributed by atoms with Crippen LogP contribution >= 0.6 is 0 Å². The van der Waals surface area contributed by atoms with Gasteiger partial charge in [0.25, 0.3) is 0 Å². The number of ether oxygens (including phenoxy) is 1. The van der Waals surface area contributed by atoms with Gasteiger partial charge in [-0.25, -0.2) is 0 Å². The fourth-order valence-corrected chi connectivity index (χ4v) is 11.3. The summed E-state index contributed by atoms with van der Waals surface area (Å²) in [5.74, 6) is 3.28. The molecule has 5 aliphatic rings. The van der Waals surface area contributed by atoms with Gasteiger partial charge in [0.2, 0.25) is 11.9 Å². The molecule has 3 aliphatic carbocycles. The lowest BCUT2D eigenvalue weighted by Gasteiger charge is -2.37. The van der Waals surface area contributed by atoms with Gasteiger partial charge in [0, 0.05) is 28.1 Å². The first-order valence-corrected chi connectivity index (χ1v) is 22.6. The number of nitrogens with zero attached hydrogens (tertiary/aromatic N) is 5. The maximum Gasteiger partial charge on any atom is 0.240 e. The van der Waals surface area contributed by atoms with Crippen LogP contribution in [0.1, 0.15) is 52.6 Å². The minimum atomic E-state index is 0.532. The highest BCUT2D eigenvalue weighted by atomic mass is 16.5. The van der Waals surface area contributed by atoms with Crippen LogP contribution in [0.5, 0.6) is 11.5 Å². The van der Waals surface area contributed by atoms with Crippen molar-refractivity contribution < 1.29 is 4.74 Å². The predicted molar refractivity (Wildman–Crippen MR) is 260 cm³/mol. The third kappa shape index (κ3) is 5.23. The van der Waals surface area contributed by atoms with Crippen LogP contribution in [0.25, 0.3) is 49.3 Å². The molecule has 2 aliphatic heterocycles. The van der Waals surface area contributed by atoms with Crippen LogP contribution in [-0.4, -0.2) is 15.0 Å². The molecule has 14 rings (SSSR count). The number of benzene rings is 8. The summed E-state index contributed by atoms with van der Waals surface area (Å²) in [4.78, 5) is 21.4. The Morgan fingerprint density at radius 3 is 1.95 bits per heavy atom. The summed E-state index contributed by atoms with van der Waals surface area (Å²) in [5, 5.41) is 6.95. The summed E-state index contributed by atoms with van der Waals surface area (Å²) in [6.07, 6.45) is 16.4. The quantitative estimate of drug-likeness (QED) is 0.165. The Kier molecular flexibility index (Phi) is 7.73. The van der Waals surface area contributed by atoms with Crippen molar-refractivity contribution >= 4 is 72.5 Å². The van der Waals surface area contributed by atoms with Gasteiger partial charge in [-0.2, -0.15) is 15.0 Å². The van der Waals surface area contributed by atoms with Gasteiger partial charge in [0.1, 0.15) is 5.69 Å². The fraction of sp³-hybridized carbons (Fsp3) is 0.121. The van der Waals surface area contributed by atoms with E-state index in [4.69, 9.17) is 19.7 Å². The normalized spacial score (nSPS) is 15.6. The topological polar surface area (TPSA) is 54.4 Å². The molecule has 0 spiro atoms. The van der Waals surface area contributed by atoms with Crippen molar-refractivity contribution in [3.8, 4) is 22.9 Å². The van der Waals surface area contributed by atoms with E-state index in [9.17, 15) is 0 Å². The minimum Gasteiger partial charge on any atom is -0.452 e. The molecular weight excluding hydrogens is 783 g/mol. The van der Waals surface area contributed by atoms with Gasteiger partial charge >= 0.3 is 0 Å². The number of aromatic nitrogens is 3. The van der Waals surface area contributed by atoms with Crippen LogP contribution < -0.4 is 14.5 Å². The molecule has 6 nitrogen and oxygen atoms in total. The number of anilines is 6. The largest absolute Gasteiger partial charge is 0.452 e. The Morgan fingerprint density at radius 1 is 0.484 bits per heavy atom. The minimum absolute atomic E-state index is 0.532. The zero-order chi connectivity index (χ0) is 41.9. The number of para-hydroxylation sites is 3. The summed E-state index contributed by atoms with van der Waals surface area (Å²) in [6.45, 7) is 0. The average molecular weight is 824 g/mol. The molecule has 0 amide bonds. The van der Waals surface area contributed by atoms with Crippen LogP contribution in [0.3, 0.4) is 0 Å². The molecule has 0 fully saturated rings. The van der Waals surface area contributed by atoms with E-state index in [2.05, 4.69) is 161 Å². The summed E-state index contributed by atoms with van der Waals surface area (Å²) in [7, 11) is 0. The highest BCUT2D eigenvalue weighted by Crippen LogP contribution is 2.57. The molecule has 0 saturated carbocycles. The average Bonchev–Trinajstić information content (AvgIpc) is 3.54. The monoisotopic (exact) mass is 823 g/mol. The molecule has 1 aromatic heterocycles. The number of hydrogen-bond donors (Lipinski definition) is 0. The molecule has 3 heterocycles. The predicted octanol–water partition coefficient (Wildman–Crippen LogP) is 14.7. The van der Waals surface area contributed by atoms with E-state index in [1.165, 1.54) is 73.8 Å². The first kappa shape index (κ1) is 35.7. The Bertz CT molecular complexity index is 3600. The van der Waals surface area contributed by atoms with E-state index in [-0.39, 0.29) is 0 Å². The molecular formula is C58H41N5O. The van der Waals surface area contributed by atoms with Gasteiger partial charge in [0.05, 0.1) is 17.1 Å². The van der Waals surface area contributed by atoms with E-state index in [0.29, 0.717) is 17.7 Å². The molecule has 64 heavy (non-hydrogen) atoms. The van der Waals surface area contributed by atoms with Crippen LogP contribution in [0.15, 0.2) is 169 Å². The van der Waals surface area contributed by atoms with Gasteiger partial charge in [-0.1, -0.05) is 140 Å². The van der Waals surface area contributed by atoms with Gasteiger partial charge < -0.3 is 4.74 Å². The second-order valence-corrected chi connectivity index (χ2v) is 17.6. The van der Waals surface area contributed by atoms with Crippen molar-refractivity contribution in [1.82, 2.24) is 15.0 Å². The smallest absolute Gasteiger partial charge is 0.240 e. The lowest BCUT2D eigenvalue weighted by Crippen LogP contribution is -2.25. The standard InChI is InChI=1S/C58H41N5O/c1-2-16-35-32-38-33-37(30-31-40(38)39(35)18-3-1)56-59-57(62-50-27-13-4-17-36(50)34-49-45-23-6-5-19-41(45)42-20-7-10-24-46(42)53(49)62)61-58(60-56)63-51-28-14-15-29-52(51)64-55-48-26-12-9-22-44(48)43-21-8-11-25-47(43)54(55)63/h2-4,7-18,20-22,24-31,33H,1,5-6,19,23,32,34H2. The lowest BCUT2D eigenvalue weighted by molar-refractivity contribution is 0.483. The Hall–Kier alpha value is -7.83. The molecule has 0 atom stereocenters. The van der Waals surface area contributed by atoms with Crippen molar-refractivity contribution in [2.24, 2.45) is 0 Å². The summed E-state index contributed by atoms with van der Waals surface area (Å²) in [5.41, 5.74) is 15.9. The Balaban J connectivity index is 1.07. The first-order chi connectivity index (χ1) is 31.7.